The number of aryl methyl sites for hydroxylation is 1. The van der Waals surface area contributed by atoms with Crippen molar-refractivity contribution in [3.05, 3.63) is 54.2 Å². The lowest BCUT2D eigenvalue weighted by Crippen LogP contribution is -2.55. The van der Waals surface area contributed by atoms with E-state index in [1.165, 1.54) is 23.0 Å². The lowest BCUT2D eigenvalue weighted by molar-refractivity contribution is -0.124. The van der Waals surface area contributed by atoms with E-state index in [0.29, 0.717) is 0 Å². The highest BCUT2D eigenvalue weighted by atomic mass is 16.3. The summed E-state index contributed by atoms with van der Waals surface area (Å²) in [5, 5.41) is 12.1. The van der Waals surface area contributed by atoms with Crippen molar-refractivity contribution in [3.8, 4) is 5.75 Å². The predicted octanol–water partition coefficient (Wildman–Crippen LogP) is 4.92. The van der Waals surface area contributed by atoms with Gasteiger partial charge in [0.1, 0.15) is 5.75 Å². The van der Waals surface area contributed by atoms with Gasteiger partial charge in [0.2, 0.25) is 5.91 Å². The number of carbonyl (C=O) groups is 1. The first-order chi connectivity index (χ1) is 17.2. The molecule has 1 saturated carbocycles. The summed E-state index contributed by atoms with van der Waals surface area (Å²) in [6, 6.07) is 14.5. The highest BCUT2D eigenvalue weighted by Gasteiger charge is 2.37. The second kappa shape index (κ2) is 9.57. The standard InChI is InChI=1S/C29H36N4O2/c34-27-11-4-8-21-12-13-23(33(28(21)27)29(35)22-6-2-1-3-7-22)20-31-16-18-32(19-17-31)26-10-5-9-25-24(26)14-15-30-25/h4-5,8-11,14-15,22-23,30,34H,1-3,6-7,12-13,16-20H2. The number of phenolic OH excluding ortho intramolecular Hbond substituents is 1. The van der Waals surface area contributed by atoms with E-state index in [0.717, 1.165) is 82.5 Å². The first-order valence-electron chi connectivity index (χ1n) is 13.4. The molecule has 184 valence electrons. The number of hydrogen-bond donors (Lipinski definition) is 2. The third kappa shape index (κ3) is 4.29. The molecule has 2 aliphatic heterocycles. The van der Waals surface area contributed by atoms with Gasteiger partial charge in [-0.05, 0) is 55.5 Å². The molecule has 2 N–H and O–H groups in total. The molecular weight excluding hydrogens is 436 g/mol. The van der Waals surface area contributed by atoms with Gasteiger partial charge in [0, 0.05) is 61.4 Å². The second-order valence-electron chi connectivity index (χ2n) is 10.5. The van der Waals surface area contributed by atoms with Crippen molar-refractivity contribution in [2.75, 3.05) is 42.5 Å². The van der Waals surface area contributed by atoms with Crippen LogP contribution >= 0.6 is 0 Å². The van der Waals surface area contributed by atoms with Crippen molar-refractivity contribution in [2.24, 2.45) is 5.92 Å². The van der Waals surface area contributed by atoms with Gasteiger partial charge in [-0.15, -0.1) is 0 Å². The number of carbonyl (C=O) groups excluding carboxylic acids is 1. The Kier molecular flexibility index (Phi) is 6.15. The number of aromatic hydroxyl groups is 1. The van der Waals surface area contributed by atoms with Crippen LogP contribution in [-0.2, 0) is 11.2 Å². The Labute approximate surface area is 207 Å². The Morgan fingerprint density at radius 3 is 2.57 bits per heavy atom. The van der Waals surface area contributed by atoms with Crippen LogP contribution in [0.4, 0.5) is 11.4 Å². The van der Waals surface area contributed by atoms with Crippen molar-refractivity contribution in [2.45, 2.75) is 51.0 Å². The number of aromatic amines is 1. The van der Waals surface area contributed by atoms with E-state index < -0.39 is 0 Å². The van der Waals surface area contributed by atoms with Crippen molar-refractivity contribution < 1.29 is 9.90 Å². The summed E-state index contributed by atoms with van der Waals surface area (Å²) in [4.78, 5) is 24.2. The Morgan fingerprint density at radius 2 is 1.74 bits per heavy atom. The van der Waals surface area contributed by atoms with Gasteiger partial charge in [0.15, 0.2) is 0 Å². The van der Waals surface area contributed by atoms with E-state index in [1.807, 2.05) is 17.2 Å². The summed E-state index contributed by atoms with van der Waals surface area (Å²) < 4.78 is 0. The maximum atomic E-state index is 13.8. The Balaban J connectivity index is 1.19. The molecule has 3 aliphatic rings. The van der Waals surface area contributed by atoms with Gasteiger partial charge in [-0.2, -0.15) is 0 Å². The number of fused-ring (bicyclic) bond motifs is 2. The van der Waals surface area contributed by atoms with Gasteiger partial charge >= 0.3 is 0 Å². The highest BCUT2D eigenvalue weighted by molar-refractivity contribution is 5.98. The highest BCUT2D eigenvalue weighted by Crippen LogP contribution is 2.40. The van der Waals surface area contributed by atoms with Crippen molar-refractivity contribution in [1.82, 2.24) is 9.88 Å². The molecule has 3 aromatic rings. The number of anilines is 2. The lowest BCUT2D eigenvalue weighted by atomic mass is 9.86. The number of nitrogens with zero attached hydrogens (tertiary/aromatic N) is 3. The third-order valence-corrected chi connectivity index (χ3v) is 8.40. The minimum absolute atomic E-state index is 0.0930. The largest absolute Gasteiger partial charge is 0.506 e. The van der Waals surface area contributed by atoms with Crippen molar-refractivity contribution >= 4 is 28.2 Å². The second-order valence-corrected chi connectivity index (χ2v) is 10.5. The first kappa shape index (κ1) is 22.5. The molecule has 0 spiro atoms. The molecule has 2 fully saturated rings. The zero-order valence-electron chi connectivity index (χ0n) is 20.5. The average Bonchev–Trinajstić information content (AvgIpc) is 3.39. The number of aromatic nitrogens is 1. The van der Waals surface area contributed by atoms with Gasteiger partial charge in [0.05, 0.1) is 11.7 Å². The van der Waals surface area contributed by atoms with Crippen LogP contribution in [0.25, 0.3) is 10.9 Å². The SMILES string of the molecule is O=C(C1CCCCC1)N1c2c(O)cccc2CCC1CN1CCN(c2cccc3[nH]ccc23)CC1. The first-order valence-corrected chi connectivity index (χ1v) is 13.4. The number of rotatable bonds is 4. The van der Waals surface area contributed by atoms with Crippen LogP contribution < -0.4 is 9.80 Å². The van der Waals surface area contributed by atoms with Crippen LogP contribution in [0, 0.1) is 5.92 Å². The summed E-state index contributed by atoms with van der Waals surface area (Å²) in [5.74, 6) is 0.575. The minimum atomic E-state index is 0.0930. The number of phenols is 1. The molecule has 6 nitrogen and oxygen atoms in total. The van der Waals surface area contributed by atoms with Gasteiger partial charge in [0.25, 0.3) is 0 Å². The molecule has 35 heavy (non-hydrogen) atoms. The van der Waals surface area contributed by atoms with E-state index in [9.17, 15) is 9.90 Å². The molecule has 6 rings (SSSR count). The maximum absolute atomic E-state index is 13.8. The number of piperazine rings is 1. The molecule has 1 atom stereocenters. The van der Waals surface area contributed by atoms with Crippen LogP contribution in [0.5, 0.6) is 5.75 Å². The molecule has 1 aliphatic carbocycles. The van der Waals surface area contributed by atoms with E-state index in [2.05, 4.69) is 45.1 Å². The fourth-order valence-electron chi connectivity index (χ4n) is 6.51. The number of H-pyrrole nitrogens is 1. The van der Waals surface area contributed by atoms with E-state index in [4.69, 9.17) is 0 Å². The van der Waals surface area contributed by atoms with E-state index in [-0.39, 0.29) is 23.6 Å². The Bertz CT molecular complexity index is 1190. The molecule has 1 aromatic heterocycles. The van der Waals surface area contributed by atoms with E-state index >= 15 is 0 Å². The number of hydrogen-bond acceptors (Lipinski definition) is 4. The Morgan fingerprint density at radius 1 is 0.943 bits per heavy atom. The molecule has 1 unspecified atom stereocenters. The normalized spacial score (nSPS) is 21.9. The van der Waals surface area contributed by atoms with Gasteiger partial charge in [-0.1, -0.05) is 37.5 Å². The van der Waals surface area contributed by atoms with Crippen LogP contribution in [-0.4, -0.2) is 59.7 Å². The summed E-state index contributed by atoms with van der Waals surface area (Å²) >= 11 is 0. The molecule has 2 aromatic carbocycles. The quantitative estimate of drug-likeness (QED) is 0.566. The molecule has 1 amide bonds. The van der Waals surface area contributed by atoms with Gasteiger partial charge < -0.3 is 19.9 Å². The molecule has 1 saturated heterocycles. The van der Waals surface area contributed by atoms with Crippen molar-refractivity contribution in [3.63, 3.8) is 0 Å². The summed E-state index contributed by atoms with van der Waals surface area (Å²) in [5.41, 5.74) is 4.36. The van der Waals surface area contributed by atoms with E-state index in [1.54, 1.807) is 6.07 Å². The van der Waals surface area contributed by atoms with Gasteiger partial charge in [-0.3, -0.25) is 9.69 Å². The fraction of sp³-hybridized carbons (Fsp3) is 0.483. The summed E-state index contributed by atoms with van der Waals surface area (Å²) in [6.07, 6.45) is 9.35. The number of amides is 1. The fourth-order valence-corrected chi connectivity index (χ4v) is 6.51. The predicted molar refractivity (Wildman–Crippen MR) is 141 cm³/mol. The van der Waals surface area contributed by atoms with Crippen LogP contribution in [0.3, 0.4) is 0 Å². The van der Waals surface area contributed by atoms with Gasteiger partial charge in [-0.25, -0.2) is 0 Å². The zero-order valence-corrected chi connectivity index (χ0v) is 20.5. The monoisotopic (exact) mass is 472 g/mol. The molecule has 3 heterocycles. The molecule has 0 bridgehead atoms. The molecular formula is C29H36N4O2. The number of nitrogens with one attached hydrogen (secondary N) is 1. The summed E-state index contributed by atoms with van der Waals surface area (Å²) in [7, 11) is 0. The number of benzene rings is 2. The Hall–Kier alpha value is -2.99. The van der Waals surface area contributed by atoms with Crippen molar-refractivity contribution in [1.29, 1.82) is 0 Å². The van der Waals surface area contributed by atoms with Crippen LogP contribution in [0.1, 0.15) is 44.1 Å². The topological polar surface area (TPSA) is 62.8 Å². The molecule has 6 heteroatoms. The smallest absolute Gasteiger partial charge is 0.230 e. The maximum Gasteiger partial charge on any atom is 0.230 e. The molecule has 0 radical (unpaired) electrons. The summed E-state index contributed by atoms with van der Waals surface area (Å²) in [6.45, 7) is 4.80. The lowest BCUT2D eigenvalue weighted by Gasteiger charge is -2.44. The van der Waals surface area contributed by atoms with Crippen LogP contribution in [0.2, 0.25) is 0 Å². The third-order valence-electron chi connectivity index (χ3n) is 8.40. The minimum Gasteiger partial charge on any atom is -0.506 e. The number of para-hydroxylation sites is 1. The zero-order chi connectivity index (χ0) is 23.8. The average molecular weight is 473 g/mol. The van der Waals surface area contributed by atoms with Crippen LogP contribution in [0.15, 0.2) is 48.7 Å².